The number of nitriles is 1. The highest BCUT2D eigenvalue weighted by atomic mass is 16.5. The minimum Gasteiger partial charge on any atom is -0.449 e. The molecule has 3 N–H and O–H groups in total. The van der Waals surface area contributed by atoms with Gasteiger partial charge in [-0.05, 0) is 49.0 Å². The molecule has 2 aromatic carbocycles. The number of amides is 2. The summed E-state index contributed by atoms with van der Waals surface area (Å²) in [5.41, 5.74) is 3.59. The summed E-state index contributed by atoms with van der Waals surface area (Å²) in [6.45, 7) is 3.04. The van der Waals surface area contributed by atoms with E-state index in [1.165, 1.54) is 0 Å². The van der Waals surface area contributed by atoms with E-state index in [0.717, 1.165) is 29.5 Å². The van der Waals surface area contributed by atoms with Crippen LogP contribution in [0.25, 0.3) is 6.08 Å². The number of carbonyl (C=O) groups is 2. The molecular weight excluding hydrogens is 485 g/mol. The molecule has 198 valence electrons. The van der Waals surface area contributed by atoms with Crippen molar-refractivity contribution in [3.8, 4) is 6.07 Å². The van der Waals surface area contributed by atoms with E-state index in [-0.39, 0.29) is 36.6 Å². The fraction of sp³-hybridized carbons (Fsp3) is 0.393. The molecule has 2 aliphatic heterocycles. The molecule has 2 amide bonds. The van der Waals surface area contributed by atoms with E-state index in [1.807, 2.05) is 55.5 Å². The zero-order valence-corrected chi connectivity index (χ0v) is 21.4. The molecule has 2 bridgehead atoms. The Kier molecular flexibility index (Phi) is 9.18. The molecule has 2 unspecified atom stereocenters. The van der Waals surface area contributed by atoms with Crippen molar-refractivity contribution in [3.05, 3.63) is 76.4 Å². The molecule has 2 aromatic rings. The first kappa shape index (κ1) is 27.4. The minimum atomic E-state index is -1.74. The molecule has 4 rings (SSSR count). The fourth-order valence-electron chi connectivity index (χ4n) is 4.91. The van der Waals surface area contributed by atoms with Gasteiger partial charge in [0.15, 0.2) is 0 Å². The molecule has 2 fully saturated rings. The summed E-state index contributed by atoms with van der Waals surface area (Å²) in [5, 5.41) is 31.5. The van der Waals surface area contributed by atoms with Crippen LogP contribution in [0.1, 0.15) is 35.1 Å². The standard InChI is InChI=1S/C28H32BN3O6/c1-19-5-7-21(8-6-19)15-26(29(35)36)31-28(34)38-12-11-20-3-2-4-22(13-20)14-23(16-30)27(33)32-24-9-10-25(32)18-37-17-24/h2-8,13-14,24-26,35-36H,9-12,15,17-18H2,1H3,(H,31,34)/t24?,25?,26-/m0/s1. The summed E-state index contributed by atoms with van der Waals surface area (Å²) < 4.78 is 10.8. The third-order valence-corrected chi connectivity index (χ3v) is 6.95. The lowest BCUT2D eigenvalue weighted by molar-refractivity contribution is -0.136. The maximum atomic E-state index is 13.1. The first-order chi connectivity index (χ1) is 18.3. The molecule has 0 aliphatic carbocycles. The van der Waals surface area contributed by atoms with Gasteiger partial charge in [-0.1, -0.05) is 54.1 Å². The second-order valence-electron chi connectivity index (χ2n) is 9.79. The van der Waals surface area contributed by atoms with E-state index >= 15 is 0 Å². The monoisotopic (exact) mass is 517 g/mol. The third-order valence-electron chi connectivity index (χ3n) is 6.95. The SMILES string of the molecule is Cc1ccc(C[C@H](NC(=O)OCCc2cccc(C=C(C#N)C(=O)N3C4CCC3COC4)c2)B(O)O)cc1. The molecule has 2 saturated heterocycles. The van der Waals surface area contributed by atoms with Gasteiger partial charge in [-0.25, -0.2) is 4.79 Å². The smallest absolute Gasteiger partial charge is 0.449 e. The van der Waals surface area contributed by atoms with E-state index in [9.17, 15) is 24.9 Å². The molecule has 2 aliphatic rings. The Morgan fingerprint density at radius 3 is 2.55 bits per heavy atom. The Morgan fingerprint density at radius 2 is 1.89 bits per heavy atom. The number of hydrogen-bond acceptors (Lipinski definition) is 7. The lowest BCUT2D eigenvalue weighted by Crippen LogP contribution is -2.49. The zero-order chi connectivity index (χ0) is 27.1. The predicted octanol–water partition coefficient (Wildman–Crippen LogP) is 2.18. The highest BCUT2D eigenvalue weighted by molar-refractivity contribution is 6.43. The van der Waals surface area contributed by atoms with Crippen LogP contribution in [0.2, 0.25) is 0 Å². The van der Waals surface area contributed by atoms with Gasteiger partial charge in [0.2, 0.25) is 0 Å². The number of fused-ring (bicyclic) bond motifs is 2. The first-order valence-electron chi connectivity index (χ1n) is 12.8. The topological polar surface area (TPSA) is 132 Å². The number of carbonyl (C=O) groups excluding carboxylic acids is 2. The molecule has 9 nitrogen and oxygen atoms in total. The quantitative estimate of drug-likeness (QED) is 0.264. The summed E-state index contributed by atoms with van der Waals surface area (Å²) in [7, 11) is -1.74. The lowest BCUT2D eigenvalue weighted by atomic mass is 9.76. The predicted molar refractivity (Wildman–Crippen MR) is 142 cm³/mol. The van der Waals surface area contributed by atoms with Crippen LogP contribution in [-0.2, 0) is 27.1 Å². The Balaban J connectivity index is 1.31. The first-order valence-corrected chi connectivity index (χ1v) is 12.8. The number of morpholine rings is 1. The Morgan fingerprint density at radius 1 is 1.18 bits per heavy atom. The molecule has 0 aromatic heterocycles. The van der Waals surface area contributed by atoms with Crippen LogP contribution in [0.3, 0.4) is 0 Å². The van der Waals surface area contributed by atoms with Gasteiger partial charge in [0.1, 0.15) is 11.6 Å². The summed E-state index contributed by atoms with van der Waals surface area (Å²) in [6, 6.07) is 17.0. The van der Waals surface area contributed by atoms with Gasteiger partial charge < -0.3 is 29.7 Å². The average molecular weight is 517 g/mol. The van der Waals surface area contributed by atoms with Crippen molar-refractivity contribution in [2.24, 2.45) is 0 Å². The second kappa shape index (κ2) is 12.7. The van der Waals surface area contributed by atoms with Crippen LogP contribution in [-0.4, -0.2) is 71.9 Å². The number of ether oxygens (including phenoxy) is 2. The molecule has 0 saturated carbocycles. The van der Waals surface area contributed by atoms with Crippen LogP contribution < -0.4 is 5.32 Å². The van der Waals surface area contributed by atoms with Crippen LogP contribution in [0.15, 0.2) is 54.1 Å². The van der Waals surface area contributed by atoms with Crippen molar-refractivity contribution in [1.82, 2.24) is 10.2 Å². The van der Waals surface area contributed by atoms with E-state index in [1.54, 1.807) is 11.0 Å². The normalized spacial score (nSPS) is 19.4. The summed E-state index contributed by atoms with van der Waals surface area (Å²) in [5.74, 6) is -1.18. The van der Waals surface area contributed by atoms with Crippen molar-refractivity contribution in [2.45, 2.75) is 50.6 Å². The lowest BCUT2D eigenvalue weighted by Gasteiger charge is -2.34. The molecule has 10 heteroatoms. The molecule has 0 spiro atoms. The largest absolute Gasteiger partial charge is 0.475 e. The highest BCUT2D eigenvalue weighted by Crippen LogP contribution is 2.30. The molecule has 2 heterocycles. The van der Waals surface area contributed by atoms with Gasteiger partial charge in [-0.2, -0.15) is 5.26 Å². The van der Waals surface area contributed by atoms with Gasteiger partial charge in [-0.15, -0.1) is 0 Å². The summed E-state index contributed by atoms with van der Waals surface area (Å²) in [4.78, 5) is 27.1. The van der Waals surface area contributed by atoms with Crippen LogP contribution in [0.5, 0.6) is 0 Å². The van der Waals surface area contributed by atoms with Gasteiger partial charge in [-0.3, -0.25) is 4.79 Å². The second-order valence-corrected chi connectivity index (χ2v) is 9.79. The van der Waals surface area contributed by atoms with Crippen molar-refractivity contribution in [1.29, 1.82) is 5.26 Å². The maximum absolute atomic E-state index is 13.1. The van der Waals surface area contributed by atoms with Crippen LogP contribution >= 0.6 is 0 Å². The Labute approximate surface area is 222 Å². The number of benzene rings is 2. The van der Waals surface area contributed by atoms with Gasteiger partial charge in [0.25, 0.3) is 5.91 Å². The molecular formula is C28H32BN3O6. The van der Waals surface area contributed by atoms with Crippen molar-refractivity contribution >= 4 is 25.2 Å². The molecule has 3 atom stereocenters. The van der Waals surface area contributed by atoms with Gasteiger partial charge in [0.05, 0.1) is 37.8 Å². The van der Waals surface area contributed by atoms with E-state index in [0.29, 0.717) is 25.2 Å². The highest BCUT2D eigenvalue weighted by Gasteiger charge is 2.41. The average Bonchev–Trinajstić information content (AvgIpc) is 3.15. The molecule has 38 heavy (non-hydrogen) atoms. The van der Waals surface area contributed by atoms with Crippen LogP contribution in [0.4, 0.5) is 4.79 Å². The fourth-order valence-corrected chi connectivity index (χ4v) is 4.91. The Hall–Kier alpha value is -3.65. The third kappa shape index (κ3) is 7.01. The molecule has 0 radical (unpaired) electrons. The van der Waals surface area contributed by atoms with Crippen molar-refractivity contribution in [2.75, 3.05) is 19.8 Å². The van der Waals surface area contributed by atoms with Crippen molar-refractivity contribution < 1.29 is 29.1 Å². The van der Waals surface area contributed by atoms with E-state index in [2.05, 4.69) is 11.4 Å². The Bertz CT molecular complexity index is 1190. The number of rotatable bonds is 9. The van der Waals surface area contributed by atoms with Crippen molar-refractivity contribution in [3.63, 3.8) is 0 Å². The van der Waals surface area contributed by atoms with E-state index < -0.39 is 19.2 Å². The summed E-state index contributed by atoms with van der Waals surface area (Å²) in [6.07, 6.45) is 3.27. The van der Waals surface area contributed by atoms with E-state index in [4.69, 9.17) is 9.47 Å². The number of aryl methyl sites for hydroxylation is 1. The van der Waals surface area contributed by atoms with Gasteiger partial charge in [0, 0.05) is 6.42 Å². The number of nitrogens with one attached hydrogen (secondary N) is 1. The van der Waals surface area contributed by atoms with Gasteiger partial charge >= 0.3 is 13.2 Å². The zero-order valence-electron chi connectivity index (χ0n) is 21.4. The maximum Gasteiger partial charge on any atom is 0.475 e. The minimum absolute atomic E-state index is 0.0241. The van der Waals surface area contributed by atoms with Crippen LogP contribution in [0, 0.1) is 18.3 Å². The number of nitrogens with zero attached hydrogens (tertiary/aromatic N) is 2. The number of alkyl carbamates (subject to hydrolysis) is 1. The summed E-state index contributed by atoms with van der Waals surface area (Å²) >= 11 is 0. The number of hydrogen-bond donors (Lipinski definition) is 3.